The third kappa shape index (κ3) is 6.25. The predicted molar refractivity (Wildman–Crippen MR) is 98.7 cm³/mol. The van der Waals surface area contributed by atoms with E-state index in [-0.39, 0.29) is 18.7 Å². The molecule has 0 aromatic heterocycles. The number of hydrogen-bond donors (Lipinski definition) is 4. The van der Waals surface area contributed by atoms with Gasteiger partial charge in [0.05, 0.1) is 22.5 Å². The van der Waals surface area contributed by atoms with E-state index in [0.29, 0.717) is 23.6 Å². The first-order valence-corrected chi connectivity index (χ1v) is 9.12. The fourth-order valence-electron chi connectivity index (χ4n) is 3.03. The Balaban J connectivity index is 1.74. The van der Waals surface area contributed by atoms with Crippen molar-refractivity contribution in [3.63, 3.8) is 0 Å². The van der Waals surface area contributed by atoms with Gasteiger partial charge in [0.1, 0.15) is 0 Å². The fraction of sp³-hybridized carbons (Fsp3) is 0.444. The molecule has 1 aliphatic rings. The van der Waals surface area contributed by atoms with E-state index in [4.69, 9.17) is 11.6 Å². The molecule has 1 aromatic rings. The summed E-state index contributed by atoms with van der Waals surface area (Å²) in [6.45, 7) is 0. The molecule has 1 aliphatic carbocycles. The van der Waals surface area contributed by atoms with Crippen LogP contribution in [0.1, 0.15) is 38.5 Å². The fourth-order valence-corrected chi connectivity index (χ4v) is 3.21. The van der Waals surface area contributed by atoms with Gasteiger partial charge in [0, 0.05) is 12.8 Å². The number of para-hydroxylation sites is 1. The van der Waals surface area contributed by atoms with E-state index in [9.17, 15) is 24.3 Å². The topological polar surface area (TPSA) is 125 Å². The van der Waals surface area contributed by atoms with Crippen molar-refractivity contribution in [2.45, 2.75) is 38.5 Å². The molecule has 8 nitrogen and oxygen atoms in total. The zero-order valence-electron chi connectivity index (χ0n) is 14.7. The van der Waals surface area contributed by atoms with Gasteiger partial charge in [0.2, 0.25) is 17.7 Å². The lowest BCUT2D eigenvalue weighted by Gasteiger charge is -2.27. The van der Waals surface area contributed by atoms with Crippen molar-refractivity contribution in [1.82, 2.24) is 10.9 Å². The van der Waals surface area contributed by atoms with Crippen LogP contribution >= 0.6 is 11.6 Å². The highest BCUT2D eigenvalue weighted by molar-refractivity contribution is 6.33. The molecule has 9 heteroatoms. The first kappa shape index (κ1) is 20.7. The highest BCUT2D eigenvalue weighted by Crippen LogP contribution is 2.30. The maximum Gasteiger partial charge on any atom is 0.307 e. The SMILES string of the molecule is O=C(CCC(=O)Nc1ccccc1Cl)NNC(=O)[C@H]1CCCC[C@H]1C(=O)O. The van der Waals surface area contributed by atoms with Gasteiger partial charge in [-0.25, -0.2) is 0 Å². The van der Waals surface area contributed by atoms with E-state index < -0.39 is 29.6 Å². The Bertz CT molecular complexity index is 725. The Hall–Kier alpha value is -2.61. The molecule has 27 heavy (non-hydrogen) atoms. The van der Waals surface area contributed by atoms with E-state index in [1.807, 2.05) is 0 Å². The normalized spacial score (nSPS) is 19.0. The number of carboxylic acid groups (broad SMARTS) is 1. The van der Waals surface area contributed by atoms with Crippen LogP contribution in [0.25, 0.3) is 0 Å². The number of benzene rings is 1. The molecule has 0 spiro atoms. The number of amides is 3. The summed E-state index contributed by atoms with van der Waals surface area (Å²) in [6, 6.07) is 6.73. The molecule has 0 heterocycles. The second-order valence-electron chi connectivity index (χ2n) is 6.40. The van der Waals surface area contributed by atoms with Crippen molar-refractivity contribution >= 4 is 41.0 Å². The summed E-state index contributed by atoms with van der Waals surface area (Å²) in [6.07, 6.45) is 2.24. The zero-order chi connectivity index (χ0) is 19.8. The number of carbonyl (C=O) groups is 4. The number of hydrazine groups is 1. The molecule has 2 rings (SSSR count). The van der Waals surface area contributed by atoms with Crippen LogP contribution in [0.15, 0.2) is 24.3 Å². The molecule has 1 aromatic carbocycles. The van der Waals surface area contributed by atoms with Crippen LogP contribution in [-0.4, -0.2) is 28.8 Å². The number of carbonyl (C=O) groups excluding carboxylic acids is 3. The minimum Gasteiger partial charge on any atom is -0.481 e. The molecule has 4 N–H and O–H groups in total. The molecule has 146 valence electrons. The summed E-state index contributed by atoms with van der Waals surface area (Å²) in [5.41, 5.74) is 4.95. The number of carboxylic acids is 1. The zero-order valence-corrected chi connectivity index (χ0v) is 15.4. The summed E-state index contributed by atoms with van der Waals surface area (Å²) in [7, 11) is 0. The standard InChI is InChI=1S/C18H22ClN3O5/c19-13-7-3-4-8-14(13)20-15(23)9-10-16(24)21-22-17(25)11-5-1-2-6-12(11)18(26)27/h3-4,7-8,11-12H,1-2,5-6,9-10H2,(H,20,23)(H,21,24)(H,22,25)(H,26,27)/t11-,12+/m0/s1. The minimum absolute atomic E-state index is 0.0892. The third-order valence-electron chi connectivity index (χ3n) is 4.47. The number of nitrogens with one attached hydrogen (secondary N) is 3. The average Bonchev–Trinajstić information content (AvgIpc) is 2.66. The van der Waals surface area contributed by atoms with Gasteiger partial charge in [-0.05, 0) is 25.0 Å². The molecule has 1 fully saturated rings. The van der Waals surface area contributed by atoms with Crippen molar-refractivity contribution in [3.05, 3.63) is 29.3 Å². The van der Waals surface area contributed by atoms with Gasteiger partial charge in [-0.3, -0.25) is 30.0 Å². The van der Waals surface area contributed by atoms with E-state index in [1.165, 1.54) is 0 Å². The van der Waals surface area contributed by atoms with E-state index in [0.717, 1.165) is 12.8 Å². The first-order valence-electron chi connectivity index (χ1n) is 8.74. The second kappa shape index (κ2) is 9.91. The Morgan fingerprint density at radius 3 is 2.26 bits per heavy atom. The number of hydrogen-bond acceptors (Lipinski definition) is 4. The lowest BCUT2D eigenvalue weighted by atomic mass is 9.79. The van der Waals surface area contributed by atoms with Gasteiger partial charge in [0.15, 0.2) is 0 Å². The van der Waals surface area contributed by atoms with Crippen molar-refractivity contribution < 1.29 is 24.3 Å². The van der Waals surface area contributed by atoms with Gasteiger partial charge in [-0.1, -0.05) is 36.6 Å². The van der Waals surface area contributed by atoms with Crippen LogP contribution in [0.3, 0.4) is 0 Å². The molecule has 2 atom stereocenters. The van der Waals surface area contributed by atoms with E-state index in [1.54, 1.807) is 24.3 Å². The van der Waals surface area contributed by atoms with Gasteiger partial charge in [0.25, 0.3) is 0 Å². The van der Waals surface area contributed by atoms with Gasteiger partial charge >= 0.3 is 5.97 Å². The first-order chi connectivity index (χ1) is 12.9. The van der Waals surface area contributed by atoms with Crippen molar-refractivity contribution in [3.8, 4) is 0 Å². The Morgan fingerprint density at radius 1 is 0.963 bits per heavy atom. The number of rotatable bonds is 6. The summed E-state index contributed by atoms with van der Waals surface area (Å²) >= 11 is 5.94. The number of anilines is 1. The Kier molecular flexibility index (Phi) is 7.60. The van der Waals surface area contributed by atoms with Crippen LogP contribution in [0.2, 0.25) is 5.02 Å². The summed E-state index contributed by atoms with van der Waals surface area (Å²) in [5, 5.41) is 12.2. The number of aliphatic carboxylic acids is 1. The van der Waals surface area contributed by atoms with Gasteiger partial charge in [-0.15, -0.1) is 0 Å². The smallest absolute Gasteiger partial charge is 0.307 e. The van der Waals surface area contributed by atoms with Gasteiger partial charge < -0.3 is 10.4 Å². The quantitative estimate of drug-likeness (QED) is 0.549. The second-order valence-corrected chi connectivity index (χ2v) is 6.81. The predicted octanol–water partition coefficient (Wildman–Crippen LogP) is 2.10. The number of halogens is 1. The maximum absolute atomic E-state index is 12.2. The van der Waals surface area contributed by atoms with Crippen LogP contribution in [0.5, 0.6) is 0 Å². The van der Waals surface area contributed by atoms with Crippen LogP contribution in [0, 0.1) is 11.8 Å². The van der Waals surface area contributed by atoms with Gasteiger partial charge in [-0.2, -0.15) is 0 Å². The van der Waals surface area contributed by atoms with Crippen molar-refractivity contribution in [2.24, 2.45) is 11.8 Å². The lowest BCUT2D eigenvalue weighted by molar-refractivity contribution is -0.149. The molecule has 0 unspecified atom stereocenters. The van der Waals surface area contributed by atoms with Crippen molar-refractivity contribution in [1.29, 1.82) is 0 Å². The Labute approximate surface area is 161 Å². The molecule has 3 amide bonds. The highest BCUT2D eigenvalue weighted by Gasteiger charge is 2.35. The van der Waals surface area contributed by atoms with Crippen molar-refractivity contribution in [2.75, 3.05) is 5.32 Å². The molecule has 0 radical (unpaired) electrons. The molecular formula is C18H22ClN3O5. The molecular weight excluding hydrogens is 374 g/mol. The minimum atomic E-state index is -1.00. The van der Waals surface area contributed by atoms with E-state index >= 15 is 0 Å². The molecule has 0 bridgehead atoms. The molecule has 0 aliphatic heterocycles. The monoisotopic (exact) mass is 395 g/mol. The van der Waals surface area contributed by atoms with E-state index in [2.05, 4.69) is 16.2 Å². The summed E-state index contributed by atoms with van der Waals surface area (Å²) in [4.78, 5) is 47.1. The summed E-state index contributed by atoms with van der Waals surface area (Å²) in [5.74, 6) is -3.85. The average molecular weight is 396 g/mol. The summed E-state index contributed by atoms with van der Waals surface area (Å²) < 4.78 is 0. The Morgan fingerprint density at radius 2 is 1.59 bits per heavy atom. The lowest BCUT2D eigenvalue weighted by Crippen LogP contribution is -2.48. The van der Waals surface area contributed by atoms with Crippen LogP contribution in [-0.2, 0) is 19.2 Å². The molecule has 0 saturated heterocycles. The highest BCUT2D eigenvalue weighted by atomic mass is 35.5. The largest absolute Gasteiger partial charge is 0.481 e. The maximum atomic E-state index is 12.2. The third-order valence-corrected chi connectivity index (χ3v) is 4.80. The van der Waals surface area contributed by atoms with Crippen LogP contribution in [0.4, 0.5) is 5.69 Å². The van der Waals surface area contributed by atoms with Crippen LogP contribution < -0.4 is 16.2 Å². The molecule has 1 saturated carbocycles.